The van der Waals surface area contributed by atoms with Crippen molar-refractivity contribution >= 4 is 32.9 Å². The number of aliphatic hydroxyl groups excluding tert-OH is 2. The number of rotatable bonds is 5. The average molecular weight is 357 g/mol. The van der Waals surface area contributed by atoms with Crippen molar-refractivity contribution < 1.29 is 24.5 Å². The number of benzene rings is 1. The lowest BCUT2D eigenvalue weighted by Crippen LogP contribution is -2.18. The van der Waals surface area contributed by atoms with Gasteiger partial charge in [0.15, 0.2) is 0 Å². The summed E-state index contributed by atoms with van der Waals surface area (Å²) in [6.07, 6.45) is -1.69. The van der Waals surface area contributed by atoms with Crippen LogP contribution >= 0.6 is 15.9 Å². The summed E-state index contributed by atoms with van der Waals surface area (Å²) in [5.74, 6) is -1.38. The third-order valence-corrected chi connectivity index (χ3v) is 3.56. The summed E-state index contributed by atoms with van der Waals surface area (Å²) in [5.41, 5.74) is -0.769. The van der Waals surface area contributed by atoms with Crippen LogP contribution in [0.5, 0.6) is 0 Å². The van der Waals surface area contributed by atoms with Gasteiger partial charge in [-0.3, -0.25) is 0 Å². The summed E-state index contributed by atoms with van der Waals surface area (Å²) in [5, 5.41) is 29.6. The van der Waals surface area contributed by atoms with E-state index >= 15 is 0 Å². The molecule has 0 amide bonds. The third kappa shape index (κ3) is 3.31. The van der Waals surface area contributed by atoms with Gasteiger partial charge in [-0.15, -0.1) is 0 Å². The Balaban J connectivity index is 2.47. The van der Waals surface area contributed by atoms with Crippen molar-refractivity contribution in [2.24, 2.45) is 0 Å². The minimum atomic E-state index is -1.38. The number of carbonyl (C=O) groups is 1. The van der Waals surface area contributed by atoms with E-state index in [2.05, 4.69) is 15.9 Å². The quantitative estimate of drug-likeness (QED) is 0.555. The smallest absolute Gasteiger partial charge is 0.351 e. The van der Waals surface area contributed by atoms with E-state index in [0.29, 0.717) is 22.7 Å². The Kier molecular flexibility index (Phi) is 4.76. The molecule has 0 aliphatic heterocycles. The average Bonchev–Trinajstić information content (AvgIpc) is 2.45. The van der Waals surface area contributed by atoms with Crippen molar-refractivity contribution in [2.45, 2.75) is 18.6 Å². The van der Waals surface area contributed by atoms with Gasteiger partial charge in [0.2, 0.25) is 0 Å². The molecule has 0 spiro atoms. The summed E-state index contributed by atoms with van der Waals surface area (Å²) in [4.78, 5) is 22.4. The van der Waals surface area contributed by atoms with E-state index in [1.807, 2.05) is 0 Å². The zero-order valence-corrected chi connectivity index (χ0v) is 12.4. The Bertz CT molecular complexity index is 723. The Labute approximate surface area is 127 Å². The van der Waals surface area contributed by atoms with Crippen LogP contribution in [-0.4, -0.2) is 32.7 Å². The second kappa shape index (κ2) is 6.38. The molecule has 2 rings (SSSR count). The largest absolute Gasteiger partial charge is 0.477 e. The Morgan fingerprint density at radius 3 is 2.62 bits per heavy atom. The summed E-state index contributed by atoms with van der Waals surface area (Å²) >= 11 is 3.18. The molecule has 0 radical (unpaired) electrons. The van der Waals surface area contributed by atoms with Gasteiger partial charge in [0, 0.05) is 10.7 Å². The lowest BCUT2D eigenvalue weighted by molar-refractivity contribution is 0.0174. The van der Waals surface area contributed by atoms with Crippen LogP contribution in [-0.2, 0) is 0 Å². The molecule has 0 saturated heterocycles. The zero-order chi connectivity index (χ0) is 15.6. The van der Waals surface area contributed by atoms with E-state index in [0.717, 1.165) is 0 Å². The highest BCUT2D eigenvalue weighted by atomic mass is 79.9. The molecule has 2 atom stereocenters. The van der Waals surface area contributed by atoms with Crippen molar-refractivity contribution in [3.63, 3.8) is 0 Å². The van der Waals surface area contributed by atoms with E-state index in [1.54, 1.807) is 0 Å². The number of halogens is 1. The number of carboxylic acids is 1. The highest BCUT2D eigenvalue weighted by Gasteiger charge is 2.19. The van der Waals surface area contributed by atoms with Crippen molar-refractivity contribution in [3.05, 3.63) is 45.8 Å². The maximum absolute atomic E-state index is 11.4. The van der Waals surface area contributed by atoms with Gasteiger partial charge in [-0.25, -0.2) is 9.59 Å². The molecule has 1 heterocycles. The highest BCUT2D eigenvalue weighted by molar-refractivity contribution is 9.09. The predicted octanol–water partition coefficient (Wildman–Crippen LogP) is 1.67. The number of aliphatic hydroxyl groups is 2. The second-order valence-electron chi connectivity index (χ2n) is 4.54. The Hall–Kier alpha value is -1.70. The van der Waals surface area contributed by atoms with Gasteiger partial charge in [-0.2, -0.15) is 0 Å². The first-order valence-electron chi connectivity index (χ1n) is 6.17. The maximum Gasteiger partial charge on any atom is 0.351 e. The third-order valence-electron chi connectivity index (χ3n) is 3.10. The second-order valence-corrected chi connectivity index (χ2v) is 5.33. The van der Waals surface area contributed by atoms with Gasteiger partial charge in [0.05, 0.1) is 6.10 Å². The number of hydrogen-bond acceptors (Lipinski definition) is 5. The van der Waals surface area contributed by atoms with E-state index in [1.165, 1.54) is 24.3 Å². The number of hydrogen-bond donors (Lipinski definition) is 3. The molecule has 21 heavy (non-hydrogen) atoms. The van der Waals surface area contributed by atoms with Gasteiger partial charge in [-0.05, 0) is 30.2 Å². The molecular weight excluding hydrogens is 344 g/mol. The molecular formula is C14H13BrO6. The normalized spacial score (nSPS) is 14.0. The van der Waals surface area contributed by atoms with E-state index in [9.17, 15) is 19.8 Å². The summed E-state index contributed by atoms with van der Waals surface area (Å²) in [7, 11) is 0. The predicted molar refractivity (Wildman–Crippen MR) is 78.8 cm³/mol. The Morgan fingerprint density at radius 2 is 2.00 bits per heavy atom. The van der Waals surface area contributed by atoms with Crippen LogP contribution in [0, 0.1) is 0 Å². The fraction of sp³-hybridized carbons (Fsp3) is 0.286. The molecule has 2 unspecified atom stereocenters. The van der Waals surface area contributed by atoms with Gasteiger partial charge in [-0.1, -0.05) is 22.0 Å². The standard InChI is InChI=1S/C14H13BrO6/c15-4-3-10(16)12(17)7-1-2-11-8(5-7)6-9(13(18)19)14(20)21-11/h1-2,5-6,10,12,16-17H,3-4H2,(H,18,19). The highest BCUT2D eigenvalue weighted by Crippen LogP contribution is 2.24. The van der Waals surface area contributed by atoms with Crippen LogP contribution in [0.4, 0.5) is 0 Å². The van der Waals surface area contributed by atoms with E-state index in [4.69, 9.17) is 9.52 Å². The SMILES string of the molecule is O=C(O)c1cc2cc(C(O)C(O)CCBr)ccc2oc1=O. The van der Waals surface area contributed by atoms with Crippen LogP contribution in [0.15, 0.2) is 33.5 Å². The van der Waals surface area contributed by atoms with Crippen molar-refractivity contribution in [1.82, 2.24) is 0 Å². The summed E-state index contributed by atoms with van der Waals surface area (Å²) in [6, 6.07) is 5.67. The molecule has 0 fully saturated rings. The van der Waals surface area contributed by atoms with Crippen LogP contribution < -0.4 is 5.63 Å². The number of aromatic carboxylic acids is 1. The van der Waals surface area contributed by atoms with Crippen LogP contribution in [0.1, 0.15) is 28.4 Å². The van der Waals surface area contributed by atoms with Crippen LogP contribution in [0.2, 0.25) is 0 Å². The maximum atomic E-state index is 11.4. The molecule has 1 aromatic carbocycles. The van der Waals surface area contributed by atoms with Crippen LogP contribution in [0.3, 0.4) is 0 Å². The molecule has 6 nitrogen and oxygen atoms in total. The lowest BCUT2D eigenvalue weighted by Gasteiger charge is -2.17. The van der Waals surface area contributed by atoms with E-state index < -0.39 is 29.4 Å². The minimum absolute atomic E-state index is 0.218. The van der Waals surface area contributed by atoms with Gasteiger partial charge in [0.1, 0.15) is 17.3 Å². The lowest BCUT2D eigenvalue weighted by atomic mass is 10.0. The molecule has 3 N–H and O–H groups in total. The molecule has 112 valence electrons. The van der Waals surface area contributed by atoms with Gasteiger partial charge in [0.25, 0.3) is 0 Å². The number of carboxylic acid groups (broad SMARTS) is 1. The molecule has 7 heteroatoms. The molecule has 0 aliphatic rings. The van der Waals surface area contributed by atoms with Crippen molar-refractivity contribution in [1.29, 1.82) is 0 Å². The number of alkyl halides is 1. The van der Waals surface area contributed by atoms with Crippen LogP contribution in [0.25, 0.3) is 11.0 Å². The summed E-state index contributed by atoms with van der Waals surface area (Å²) in [6.45, 7) is 0. The molecule has 0 bridgehead atoms. The Morgan fingerprint density at radius 1 is 1.29 bits per heavy atom. The van der Waals surface area contributed by atoms with E-state index in [-0.39, 0.29) is 5.58 Å². The van der Waals surface area contributed by atoms with Gasteiger partial charge >= 0.3 is 11.6 Å². The summed E-state index contributed by atoms with van der Waals surface area (Å²) < 4.78 is 4.91. The fourth-order valence-corrected chi connectivity index (χ4v) is 2.44. The first-order chi connectivity index (χ1) is 9.93. The van der Waals surface area contributed by atoms with Gasteiger partial charge < -0.3 is 19.7 Å². The first kappa shape index (κ1) is 15.7. The molecule has 1 aromatic heterocycles. The first-order valence-corrected chi connectivity index (χ1v) is 7.29. The number of fused-ring (bicyclic) bond motifs is 1. The minimum Gasteiger partial charge on any atom is -0.477 e. The van der Waals surface area contributed by atoms with Crippen molar-refractivity contribution in [3.8, 4) is 0 Å². The zero-order valence-electron chi connectivity index (χ0n) is 10.8. The molecule has 2 aromatic rings. The fourth-order valence-electron chi connectivity index (χ4n) is 1.97. The van der Waals surface area contributed by atoms with Crippen molar-refractivity contribution in [2.75, 3.05) is 5.33 Å². The molecule has 0 aliphatic carbocycles. The monoisotopic (exact) mass is 356 g/mol. The topological polar surface area (TPSA) is 108 Å². The molecule has 0 saturated carbocycles.